The van der Waals surface area contributed by atoms with Crippen molar-refractivity contribution in [3.63, 3.8) is 0 Å². The summed E-state index contributed by atoms with van der Waals surface area (Å²) in [5.74, 6) is -0.701. The van der Waals surface area contributed by atoms with E-state index in [1.807, 2.05) is 11.0 Å². The van der Waals surface area contributed by atoms with Crippen molar-refractivity contribution < 1.29 is 19.2 Å². The monoisotopic (exact) mass is 446 g/mol. The van der Waals surface area contributed by atoms with E-state index < -0.39 is 10.8 Å². The summed E-state index contributed by atoms with van der Waals surface area (Å²) in [6, 6.07) is 19.9. The number of anilines is 3. The van der Waals surface area contributed by atoms with E-state index in [1.165, 1.54) is 6.07 Å². The maximum atomic E-state index is 12.7. The van der Waals surface area contributed by atoms with E-state index in [2.05, 4.69) is 10.6 Å². The van der Waals surface area contributed by atoms with Crippen LogP contribution >= 0.6 is 0 Å². The molecule has 0 bridgehead atoms. The molecule has 1 heterocycles. The minimum Gasteiger partial charge on any atom is -0.378 e. The third-order valence-corrected chi connectivity index (χ3v) is 5.22. The Morgan fingerprint density at radius 1 is 0.818 bits per heavy atom. The molecule has 0 radical (unpaired) electrons. The summed E-state index contributed by atoms with van der Waals surface area (Å²) in [7, 11) is 0. The largest absolute Gasteiger partial charge is 0.378 e. The van der Waals surface area contributed by atoms with Gasteiger partial charge < -0.3 is 20.3 Å². The molecule has 4 rings (SSSR count). The maximum absolute atomic E-state index is 12.7. The number of benzene rings is 3. The van der Waals surface area contributed by atoms with Gasteiger partial charge in [0.1, 0.15) is 5.69 Å². The number of hydrogen-bond acceptors (Lipinski definition) is 6. The number of ether oxygens (including phenoxy) is 1. The minimum absolute atomic E-state index is 0.122. The first-order valence-corrected chi connectivity index (χ1v) is 10.4. The molecule has 0 atom stereocenters. The fraction of sp³-hybridized carbons (Fsp3) is 0.167. The van der Waals surface area contributed by atoms with Gasteiger partial charge >= 0.3 is 0 Å². The number of nitro benzene ring substituents is 1. The zero-order valence-electron chi connectivity index (χ0n) is 17.7. The number of nitrogens with one attached hydrogen (secondary N) is 2. The first kappa shape index (κ1) is 22.0. The summed E-state index contributed by atoms with van der Waals surface area (Å²) in [5.41, 5.74) is 2.14. The molecule has 9 heteroatoms. The number of carbonyl (C=O) groups excluding carboxylic acids is 2. The smallest absolute Gasteiger partial charge is 0.293 e. The Morgan fingerprint density at radius 3 is 1.97 bits per heavy atom. The topological polar surface area (TPSA) is 114 Å². The van der Waals surface area contributed by atoms with Gasteiger partial charge in [-0.2, -0.15) is 0 Å². The Hall–Kier alpha value is -4.24. The number of nitrogens with zero attached hydrogens (tertiary/aromatic N) is 2. The van der Waals surface area contributed by atoms with Crippen LogP contribution in [0.5, 0.6) is 0 Å². The van der Waals surface area contributed by atoms with Crippen LogP contribution in [0.1, 0.15) is 20.7 Å². The predicted octanol–water partition coefficient (Wildman–Crippen LogP) is 3.94. The normalized spacial score (nSPS) is 13.3. The summed E-state index contributed by atoms with van der Waals surface area (Å²) in [5, 5.41) is 17.1. The maximum Gasteiger partial charge on any atom is 0.293 e. The SMILES string of the molecule is O=C(Nc1ccc(NC(=O)c2ccc(N3CCOCC3)c([N+](=O)[O-])c2)cc1)c1ccccc1. The fourth-order valence-corrected chi connectivity index (χ4v) is 3.52. The summed E-state index contributed by atoms with van der Waals surface area (Å²) in [6.45, 7) is 2.11. The molecule has 0 aromatic heterocycles. The van der Waals surface area contributed by atoms with Crippen molar-refractivity contribution in [2.24, 2.45) is 0 Å². The Bertz CT molecular complexity index is 1160. The summed E-state index contributed by atoms with van der Waals surface area (Å²) in [6.07, 6.45) is 0. The van der Waals surface area contributed by atoms with Gasteiger partial charge in [-0.15, -0.1) is 0 Å². The fourth-order valence-electron chi connectivity index (χ4n) is 3.52. The summed E-state index contributed by atoms with van der Waals surface area (Å²) >= 11 is 0. The summed E-state index contributed by atoms with van der Waals surface area (Å²) in [4.78, 5) is 37.9. The van der Waals surface area contributed by atoms with Crippen LogP contribution in [0, 0.1) is 10.1 Å². The molecule has 1 fully saturated rings. The van der Waals surface area contributed by atoms with Gasteiger partial charge in [-0.1, -0.05) is 18.2 Å². The minimum atomic E-state index is -0.480. The van der Waals surface area contributed by atoms with E-state index in [0.29, 0.717) is 48.9 Å². The number of morpholine rings is 1. The van der Waals surface area contributed by atoms with Gasteiger partial charge in [-0.3, -0.25) is 19.7 Å². The second-order valence-electron chi connectivity index (χ2n) is 7.41. The van der Waals surface area contributed by atoms with Crippen molar-refractivity contribution in [2.75, 3.05) is 41.8 Å². The van der Waals surface area contributed by atoms with Crippen LogP contribution in [0.25, 0.3) is 0 Å². The lowest BCUT2D eigenvalue weighted by molar-refractivity contribution is -0.384. The molecular formula is C24H22N4O5. The molecule has 2 N–H and O–H groups in total. The van der Waals surface area contributed by atoms with E-state index in [-0.39, 0.29) is 17.2 Å². The van der Waals surface area contributed by atoms with Crippen molar-refractivity contribution >= 4 is 34.6 Å². The van der Waals surface area contributed by atoms with Crippen molar-refractivity contribution in [3.8, 4) is 0 Å². The van der Waals surface area contributed by atoms with Gasteiger partial charge in [-0.05, 0) is 48.5 Å². The molecule has 0 unspecified atom stereocenters. The van der Waals surface area contributed by atoms with E-state index in [1.54, 1.807) is 60.7 Å². The van der Waals surface area contributed by atoms with Crippen LogP contribution in [-0.4, -0.2) is 43.0 Å². The standard InChI is InChI=1S/C24H22N4O5/c29-23(17-4-2-1-3-5-17)25-19-7-9-20(10-8-19)26-24(30)18-6-11-21(22(16-18)28(31)32)27-12-14-33-15-13-27/h1-11,16H,12-15H2,(H,25,29)(H,26,30). The van der Waals surface area contributed by atoms with Gasteiger partial charge in [0.15, 0.2) is 0 Å². The molecule has 3 aromatic carbocycles. The molecule has 0 aliphatic carbocycles. The van der Waals surface area contributed by atoms with Crippen LogP contribution in [0.15, 0.2) is 72.8 Å². The van der Waals surface area contributed by atoms with Gasteiger partial charge in [0.2, 0.25) is 0 Å². The lowest BCUT2D eigenvalue weighted by atomic mass is 10.1. The summed E-state index contributed by atoms with van der Waals surface area (Å²) < 4.78 is 5.30. The molecular weight excluding hydrogens is 424 g/mol. The first-order chi connectivity index (χ1) is 16.0. The molecule has 1 saturated heterocycles. The Labute approximate surface area is 190 Å². The highest BCUT2D eigenvalue weighted by Crippen LogP contribution is 2.30. The zero-order chi connectivity index (χ0) is 23.2. The molecule has 2 amide bonds. The van der Waals surface area contributed by atoms with Crippen molar-refractivity contribution in [2.45, 2.75) is 0 Å². The first-order valence-electron chi connectivity index (χ1n) is 10.4. The molecule has 1 aliphatic rings. The molecule has 3 aromatic rings. The van der Waals surface area contributed by atoms with Crippen LogP contribution in [-0.2, 0) is 4.74 Å². The van der Waals surface area contributed by atoms with Gasteiger partial charge in [0, 0.05) is 41.7 Å². The highest BCUT2D eigenvalue weighted by molar-refractivity contribution is 6.06. The molecule has 168 valence electrons. The van der Waals surface area contributed by atoms with Crippen molar-refractivity contribution in [1.82, 2.24) is 0 Å². The quantitative estimate of drug-likeness (QED) is 0.438. The second-order valence-corrected chi connectivity index (χ2v) is 7.41. The molecule has 9 nitrogen and oxygen atoms in total. The number of carbonyl (C=O) groups is 2. The van der Waals surface area contributed by atoms with Gasteiger partial charge in [-0.25, -0.2) is 0 Å². The van der Waals surface area contributed by atoms with Crippen LogP contribution in [0.2, 0.25) is 0 Å². The molecule has 33 heavy (non-hydrogen) atoms. The Kier molecular flexibility index (Phi) is 6.61. The van der Waals surface area contributed by atoms with E-state index >= 15 is 0 Å². The third kappa shape index (κ3) is 5.34. The highest BCUT2D eigenvalue weighted by Gasteiger charge is 2.23. The lowest BCUT2D eigenvalue weighted by Crippen LogP contribution is -2.36. The van der Waals surface area contributed by atoms with Gasteiger partial charge in [0.25, 0.3) is 17.5 Å². The predicted molar refractivity (Wildman–Crippen MR) is 125 cm³/mol. The third-order valence-electron chi connectivity index (χ3n) is 5.22. The number of hydrogen-bond donors (Lipinski definition) is 2. The number of amides is 2. The second kappa shape index (κ2) is 9.92. The average Bonchev–Trinajstić information content (AvgIpc) is 2.86. The molecule has 0 saturated carbocycles. The lowest BCUT2D eigenvalue weighted by Gasteiger charge is -2.28. The Morgan fingerprint density at radius 2 is 1.39 bits per heavy atom. The van der Waals surface area contributed by atoms with E-state index in [9.17, 15) is 19.7 Å². The van der Waals surface area contributed by atoms with Gasteiger partial charge in [0.05, 0.1) is 18.1 Å². The van der Waals surface area contributed by atoms with E-state index in [4.69, 9.17) is 4.74 Å². The highest BCUT2D eigenvalue weighted by atomic mass is 16.6. The van der Waals surface area contributed by atoms with Crippen LogP contribution in [0.3, 0.4) is 0 Å². The average molecular weight is 446 g/mol. The van der Waals surface area contributed by atoms with Crippen molar-refractivity contribution in [1.29, 1.82) is 0 Å². The zero-order valence-corrected chi connectivity index (χ0v) is 17.7. The van der Waals surface area contributed by atoms with E-state index in [0.717, 1.165) is 0 Å². The number of rotatable bonds is 6. The van der Waals surface area contributed by atoms with Crippen LogP contribution < -0.4 is 15.5 Å². The molecule has 1 aliphatic heterocycles. The van der Waals surface area contributed by atoms with Crippen LogP contribution in [0.4, 0.5) is 22.7 Å². The Balaban J connectivity index is 1.44. The number of nitro groups is 1. The van der Waals surface area contributed by atoms with Crippen molar-refractivity contribution in [3.05, 3.63) is 94.0 Å². The molecule has 0 spiro atoms.